The first kappa shape index (κ1) is 20.6. The van der Waals surface area contributed by atoms with Crippen molar-refractivity contribution in [3.63, 3.8) is 0 Å². The Morgan fingerprint density at radius 1 is 0.906 bits per heavy atom. The molecule has 3 aromatic rings. The van der Waals surface area contributed by atoms with Gasteiger partial charge in [0, 0.05) is 44.0 Å². The number of hydrogen-bond acceptors (Lipinski definition) is 2. The minimum Gasteiger partial charge on any atom is -0.522 e. The van der Waals surface area contributed by atoms with E-state index in [1.54, 1.807) is 0 Å². The minimum atomic E-state index is -2.22. The summed E-state index contributed by atoms with van der Waals surface area (Å²) >= 11 is 0. The van der Waals surface area contributed by atoms with Crippen molar-refractivity contribution in [2.24, 2.45) is 0 Å². The molecule has 0 radical (unpaired) electrons. The summed E-state index contributed by atoms with van der Waals surface area (Å²) in [4.78, 5) is 2.11. The number of benzene rings is 2. The lowest BCUT2D eigenvalue weighted by Crippen LogP contribution is -2.66. The minimum absolute atomic E-state index is 0.911. The standard InChI is InChI=1S/C27H30BN3O/c1-18-16-20(3)30-26(18)25(22-12-14-24(15-13-22)29(5)6)27-19(2)17-21(4)31(27)28(30,32)23-10-8-7-9-11-23/h7-17,32H,1-6H3. The van der Waals surface area contributed by atoms with Crippen LogP contribution in [-0.4, -0.2) is 40.4 Å². The molecule has 0 saturated carbocycles. The number of anilines is 1. The molecule has 1 aromatic heterocycles. The van der Waals surface area contributed by atoms with Crippen LogP contribution in [0.15, 0.2) is 78.0 Å². The average Bonchev–Trinajstić information content (AvgIpc) is 3.25. The highest BCUT2D eigenvalue weighted by Crippen LogP contribution is 2.42. The van der Waals surface area contributed by atoms with Gasteiger partial charge < -0.3 is 18.9 Å². The van der Waals surface area contributed by atoms with E-state index in [4.69, 9.17) is 0 Å². The fourth-order valence-corrected chi connectivity index (χ4v) is 5.64. The Kier molecular flexibility index (Phi) is 4.57. The van der Waals surface area contributed by atoms with Crippen LogP contribution in [0.5, 0.6) is 0 Å². The van der Waals surface area contributed by atoms with Gasteiger partial charge in [-0.2, -0.15) is 0 Å². The van der Waals surface area contributed by atoms with Gasteiger partial charge in [-0.25, -0.2) is 0 Å². The van der Waals surface area contributed by atoms with Gasteiger partial charge in [0.15, 0.2) is 5.70 Å². The van der Waals surface area contributed by atoms with Crippen LogP contribution in [0.25, 0.3) is 5.57 Å². The molecule has 3 heterocycles. The molecule has 1 atom stereocenters. The van der Waals surface area contributed by atoms with Crippen molar-refractivity contribution in [3.05, 3.63) is 101 Å². The summed E-state index contributed by atoms with van der Waals surface area (Å²) in [5, 5.41) is 12.6. The van der Waals surface area contributed by atoms with E-state index >= 15 is 0 Å². The predicted molar refractivity (Wildman–Crippen MR) is 135 cm³/mol. The van der Waals surface area contributed by atoms with Crippen LogP contribution in [0.2, 0.25) is 0 Å². The highest BCUT2D eigenvalue weighted by molar-refractivity contribution is 6.78. The number of hydrogen-bond donors (Lipinski definition) is 1. The summed E-state index contributed by atoms with van der Waals surface area (Å²) in [5.74, 6) is 0. The van der Waals surface area contributed by atoms with E-state index in [2.05, 4.69) is 92.1 Å². The molecule has 2 aliphatic rings. The fourth-order valence-electron chi connectivity index (χ4n) is 5.64. The smallest absolute Gasteiger partial charge is 0.522 e. The molecule has 0 fully saturated rings. The van der Waals surface area contributed by atoms with E-state index in [-0.39, 0.29) is 0 Å². The molecule has 0 bridgehead atoms. The maximum Gasteiger partial charge on any atom is 0.542 e. The van der Waals surface area contributed by atoms with Gasteiger partial charge in [-0.05, 0) is 55.8 Å². The third kappa shape index (κ3) is 2.71. The molecular weight excluding hydrogens is 393 g/mol. The van der Waals surface area contributed by atoms with Gasteiger partial charge in [0.25, 0.3) is 0 Å². The maximum absolute atomic E-state index is 12.6. The highest BCUT2D eigenvalue weighted by atomic mass is 16.2. The summed E-state index contributed by atoms with van der Waals surface area (Å²) in [6.45, 7) is 6.26. The Labute approximate surface area is 190 Å². The molecule has 2 aliphatic heterocycles. The lowest BCUT2D eigenvalue weighted by atomic mass is 9.55. The summed E-state index contributed by atoms with van der Waals surface area (Å²) in [5.41, 5.74) is 11.1. The van der Waals surface area contributed by atoms with Crippen LogP contribution < -0.4 is 10.4 Å². The Balaban J connectivity index is 1.89. The van der Waals surface area contributed by atoms with Crippen molar-refractivity contribution < 1.29 is 9.51 Å². The predicted octanol–water partition coefficient (Wildman–Crippen LogP) is 4.06. The van der Waals surface area contributed by atoms with Crippen molar-refractivity contribution >= 4 is 29.1 Å². The molecule has 0 aliphatic carbocycles. The molecule has 0 amide bonds. The normalized spacial score (nSPS) is 19.8. The molecule has 32 heavy (non-hydrogen) atoms. The van der Waals surface area contributed by atoms with Gasteiger partial charge in [-0.3, -0.25) is 0 Å². The van der Waals surface area contributed by atoms with Gasteiger partial charge in [0.05, 0.1) is 5.57 Å². The fraction of sp³-hybridized carbons (Fsp3) is 0.222. The molecule has 2 aromatic carbocycles. The van der Waals surface area contributed by atoms with Crippen LogP contribution in [0.1, 0.15) is 36.4 Å². The Hall–Kier alpha value is -3.31. The van der Waals surface area contributed by atoms with Crippen LogP contribution in [-0.2, 0) is 0 Å². The third-order valence-electron chi connectivity index (χ3n) is 6.95. The average molecular weight is 423 g/mol. The van der Waals surface area contributed by atoms with Gasteiger partial charge in [-0.15, -0.1) is 0 Å². The van der Waals surface area contributed by atoms with E-state index in [0.29, 0.717) is 0 Å². The summed E-state index contributed by atoms with van der Waals surface area (Å²) < 4.78 is 4.33. The van der Waals surface area contributed by atoms with Gasteiger partial charge >= 0.3 is 6.62 Å². The number of nitrogens with zero attached hydrogens (tertiary/aromatic N) is 3. The summed E-state index contributed by atoms with van der Waals surface area (Å²) in [6.07, 6.45) is 2.19. The van der Waals surface area contributed by atoms with Gasteiger partial charge in [-0.1, -0.05) is 47.9 Å². The molecule has 162 valence electrons. The molecular formula is C27H30BN3O. The van der Waals surface area contributed by atoms with Crippen molar-refractivity contribution in [3.8, 4) is 0 Å². The number of allylic oxidation sites excluding steroid dienone is 2. The first-order valence-electron chi connectivity index (χ1n) is 11.2. The molecule has 1 unspecified atom stereocenters. The highest BCUT2D eigenvalue weighted by Gasteiger charge is 2.52. The van der Waals surface area contributed by atoms with E-state index in [9.17, 15) is 5.02 Å². The number of aromatic nitrogens is 1. The second-order valence-corrected chi connectivity index (χ2v) is 9.34. The zero-order valence-corrected chi connectivity index (χ0v) is 19.7. The van der Waals surface area contributed by atoms with E-state index in [0.717, 1.165) is 33.8 Å². The largest absolute Gasteiger partial charge is 0.542 e. The molecule has 1 N–H and O–H groups in total. The monoisotopic (exact) mass is 423 g/mol. The lowest BCUT2D eigenvalue weighted by Gasteiger charge is -2.41. The molecule has 5 heteroatoms. The number of rotatable bonds is 3. The van der Waals surface area contributed by atoms with Crippen molar-refractivity contribution in [1.82, 2.24) is 4.48 Å². The second kappa shape index (κ2) is 7.11. The van der Waals surface area contributed by atoms with Crippen LogP contribution in [0.4, 0.5) is 5.69 Å². The zero-order chi connectivity index (χ0) is 22.8. The van der Waals surface area contributed by atoms with Crippen molar-refractivity contribution in [1.29, 1.82) is 0 Å². The lowest BCUT2D eigenvalue weighted by molar-refractivity contribution is -0.352. The molecule has 4 nitrogen and oxygen atoms in total. The SMILES string of the molecule is CC1=CC(C)=[N+]2C1=C(c1ccc(N(C)C)cc1)c1c(C)cc(C)n1[B-]2(O)c1ccccc1. The third-order valence-corrected chi connectivity index (χ3v) is 6.95. The Morgan fingerprint density at radius 3 is 2.19 bits per heavy atom. The number of fused-ring (bicyclic) bond motifs is 2. The topological polar surface area (TPSA) is 31.4 Å². The summed E-state index contributed by atoms with van der Waals surface area (Å²) in [6, 6.07) is 21.0. The summed E-state index contributed by atoms with van der Waals surface area (Å²) in [7, 11) is 4.12. The zero-order valence-electron chi connectivity index (χ0n) is 19.7. The maximum atomic E-state index is 12.6. The Morgan fingerprint density at radius 2 is 1.56 bits per heavy atom. The second-order valence-electron chi connectivity index (χ2n) is 9.34. The van der Waals surface area contributed by atoms with Crippen molar-refractivity contribution in [2.75, 3.05) is 19.0 Å². The van der Waals surface area contributed by atoms with Crippen molar-refractivity contribution in [2.45, 2.75) is 27.7 Å². The number of aryl methyl sites for hydroxylation is 2. The van der Waals surface area contributed by atoms with Gasteiger partial charge in [0.2, 0.25) is 0 Å². The Bertz CT molecular complexity index is 1330. The molecule has 0 saturated heterocycles. The van der Waals surface area contributed by atoms with E-state index in [1.165, 1.54) is 22.4 Å². The molecule has 0 spiro atoms. The molecule has 5 rings (SSSR count). The van der Waals surface area contributed by atoms with E-state index < -0.39 is 6.62 Å². The van der Waals surface area contributed by atoms with Crippen LogP contribution in [0, 0.1) is 13.8 Å². The van der Waals surface area contributed by atoms with Gasteiger partial charge in [0.1, 0.15) is 5.71 Å². The quantitative estimate of drug-likeness (QED) is 0.645. The first-order valence-corrected chi connectivity index (χ1v) is 11.2. The van der Waals surface area contributed by atoms with Crippen LogP contribution in [0.3, 0.4) is 0 Å². The first-order chi connectivity index (χ1) is 15.2. The van der Waals surface area contributed by atoms with Crippen LogP contribution >= 0.6 is 0 Å². The van der Waals surface area contributed by atoms with E-state index in [1.807, 2.05) is 30.3 Å².